The smallest absolute Gasteiger partial charge is 0.229 e. The van der Waals surface area contributed by atoms with Gasteiger partial charge in [-0.05, 0) is 0 Å². The molecule has 1 fully saturated rings. The third-order valence-corrected chi connectivity index (χ3v) is 2.61. The average molecular weight is 241 g/mol. The van der Waals surface area contributed by atoms with Crippen LogP contribution in [0.2, 0.25) is 5.15 Å². The number of carbonyl (C=O) groups is 2. The maximum atomic E-state index is 11.6. The van der Waals surface area contributed by atoms with Crippen molar-refractivity contribution in [2.24, 2.45) is 11.7 Å². The van der Waals surface area contributed by atoms with E-state index < -0.39 is 11.8 Å². The molecule has 0 aromatic carbocycles. The van der Waals surface area contributed by atoms with E-state index in [1.807, 2.05) is 0 Å². The summed E-state index contributed by atoms with van der Waals surface area (Å²) in [6.07, 6.45) is 2.87. The van der Waals surface area contributed by atoms with Crippen molar-refractivity contribution in [3.05, 3.63) is 17.5 Å². The molecule has 16 heavy (non-hydrogen) atoms. The van der Waals surface area contributed by atoms with Crippen LogP contribution in [0.3, 0.4) is 0 Å². The lowest BCUT2D eigenvalue weighted by Gasteiger charge is -2.13. The normalized spacial score (nSPS) is 20.2. The Hall–Kier alpha value is -1.69. The summed E-state index contributed by atoms with van der Waals surface area (Å²) in [4.78, 5) is 31.7. The largest absolute Gasteiger partial charge is 0.369 e. The molecule has 0 radical (unpaired) electrons. The lowest BCUT2D eigenvalue weighted by Crippen LogP contribution is -2.29. The number of rotatable bonds is 2. The van der Waals surface area contributed by atoms with Gasteiger partial charge in [0.15, 0.2) is 5.82 Å². The number of nitrogens with two attached hydrogens (primary N) is 1. The van der Waals surface area contributed by atoms with E-state index in [0.29, 0.717) is 5.82 Å². The van der Waals surface area contributed by atoms with Gasteiger partial charge in [-0.2, -0.15) is 0 Å². The standard InChI is InChI=1S/C9H9ClN4O2/c10-6-2-13-7(3-12-6)14-4-5(9(11)16)1-8(14)15/h2-3,5H,1,4H2,(H2,11,16). The number of hydrogen-bond donors (Lipinski definition) is 1. The summed E-state index contributed by atoms with van der Waals surface area (Å²) in [5.74, 6) is -0.721. The zero-order valence-electron chi connectivity index (χ0n) is 8.26. The summed E-state index contributed by atoms with van der Waals surface area (Å²) in [6, 6.07) is 0. The van der Waals surface area contributed by atoms with Gasteiger partial charge >= 0.3 is 0 Å². The second-order valence-electron chi connectivity index (χ2n) is 3.51. The maximum Gasteiger partial charge on any atom is 0.229 e. The molecule has 2 heterocycles. The number of anilines is 1. The molecular weight excluding hydrogens is 232 g/mol. The maximum absolute atomic E-state index is 11.6. The Kier molecular flexibility index (Phi) is 2.74. The van der Waals surface area contributed by atoms with Crippen LogP contribution in [0.5, 0.6) is 0 Å². The van der Waals surface area contributed by atoms with Gasteiger partial charge in [0.1, 0.15) is 5.15 Å². The van der Waals surface area contributed by atoms with Crippen molar-refractivity contribution in [1.82, 2.24) is 9.97 Å². The van der Waals surface area contributed by atoms with Gasteiger partial charge in [-0.25, -0.2) is 9.97 Å². The third kappa shape index (κ3) is 1.96. The van der Waals surface area contributed by atoms with E-state index in [1.54, 1.807) is 0 Å². The lowest BCUT2D eigenvalue weighted by molar-refractivity contribution is -0.123. The molecule has 0 bridgehead atoms. The topological polar surface area (TPSA) is 89.2 Å². The number of halogens is 1. The fourth-order valence-corrected chi connectivity index (χ4v) is 1.66. The van der Waals surface area contributed by atoms with Crippen LogP contribution in [0, 0.1) is 5.92 Å². The molecule has 0 aliphatic carbocycles. The minimum Gasteiger partial charge on any atom is -0.369 e. The van der Waals surface area contributed by atoms with Crippen molar-refractivity contribution < 1.29 is 9.59 Å². The number of primary amides is 1. The number of amides is 2. The first-order valence-electron chi connectivity index (χ1n) is 4.65. The van der Waals surface area contributed by atoms with Crippen LogP contribution in [-0.2, 0) is 9.59 Å². The van der Waals surface area contributed by atoms with Crippen molar-refractivity contribution in [2.45, 2.75) is 6.42 Å². The molecule has 7 heteroatoms. The fraction of sp³-hybridized carbons (Fsp3) is 0.333. The first-order valence-corrected chi connectivity index (χ1v) is 5.03. The van der Waals surface area contributed by atoms with Crippen molar-refractivity contribution >= 4 is 29.2 Å². The van der Waals surface area contributed by atoms with Crippen LogP contribution in [0.15, 0.2) is 12.4 Å². The summed E-state index contributed by atoms with van der Waals surface area (Å²) < 4.78 is 0. The highest BCUT2D eigenvalue weighted by Crippen LogP contribution is 2.22. The molecule has 1 aliphatic heterocycles. The number of aromatic nitrogens is 2. The number of nitrogens with zero attached hydrogens (tertiary/aromatic N) is 3. The van der Waals surface area contributed by atoms with Crippen LogP contribution >= 0.6 is 11.6 Å². The van der Waals surface area contributed by atoms with E-state index in [2.05, 4.69) is 9.97 Å². The summed E-state index contributed by atoms with van der Waals surface area (Å²) >= 11 is 5.58. The SMILES string of the molecule is NC(=O)C1CC(=O)N(c2cnc(Cl)cn2)C1. The fourth-order valence-electron chi connectivity index (χ4n) is 1.56. The van der Waals surface area contributed by atoms with E-state index in [0.717, 1.165) is 0 Å². The summed E-state index contributed by atoms with van der Waals surface area (Å²) in [5.41, 5.74) is 5.15. The Labute approximate surface area is 96.4 Å². The highest BCUT2D eigenvalue weighted by atomic mass is 35.5. The molecule has 1 unspecified atom stereocenters. The average Bonchev–Trinajstić information content (AvgIpc) is 2.62. The molecule has 1 aliphatic rings. The van der Waals surface area contributed by atoms with E-state index in [9.17, 15) is 9.59 Å². The van der Waals surface area contributed by atoms with Crippen LogP contribution in [0.4, 0.5) is 5.82 Å². The predicted octanol–water partition coefficient (Wildman–Crippen LogP) is -0.0318. The molecule has 84 valence electrons. The van der Waals surface area contributed by atoms with E-state index in [-0.39, 0.29) is 24.0 Å². The lowest BCUT2D eigenvalue weighted by atomic mass is 10.1. The Morgan fingerprint density at radius 2 is 2.25 bits per heavy atom. The molecule has 2 N–H and O–H groups in total. The van der Waals surface area contributed by atoms with Gasteiger partial charge in [0.25, 0.3) is 0 Å². The van der Waals surface area contributed by atoms with Gasteiger partial charge in [0.2, 0.25) is 11.8 Å². The minimum atomic E-state index is -0.474. The Bertz CT molecular complexity index is 434. The Balaban J connectivity index is 2.20. The van der Waals surface area contributed by atoms with Crippen molar-refractivity contribution in [2.75, 3.05) is 11.4 Å². The molecule has 2 rings (SSSR count). The Morgan fingerprint density at radius 1 is 1.50 bits per heavy atom. The molecule has 1 aromatic rings. The second-order valence-corrected chi connectivity index (χ2v) is 3.89. The molecule has 2 amide bonds. The zero-order chi connectivity index (χ0) is 11.7. The van der Waals surface area contributed by atoms with Crippen LogP contribution in [-0.4, -0.2) is 28.3 Å². The summed E-state index contributed by atoms with van der Waals surface area (Å²) in [5, 5.41) is 0.252. The molecular formula is C9H9ClN4O2. The highest BCUT2D eigenvalue weighted by molar-refractivity contribution is 6.29. The number of hydrogen-bond acceptors (Lipinski definition) is 4. The van der Waals surface area contributed by atoms with Crippen LogP contribution in [0.25, 0.3) is 0 Å². The van der Waals surface area contributed by atoms with Gasteiger partial charge in [-0.15, -0.1) is 0 Å². The summed E-state index contributed by atoms with van der Waals surface area (Å²) in [6.45, 7) is 0.254. The monoisotopic (exact) mass is 240 g/mol. The van der Waals surface area contributed by atoms with Crippen molar-refractivity contribution in [3.8, 4) is 0 Å². The first-order chi connectivity index (χ1) is 7.58. The minimum absolute atomic E-state index is 0.125. The third-order valence-electron chi connectivity index (χ3n) is 2.41. The van der Waals surface area contributed by atoms with Crippen molar-refractivity contribution in [3.63, 3.8) is 0 Å². The van der Waals surface area contributed by atoms with Gasteiger partial charge in [0.05, 0.1) is 18.3 Å². The van der Waals surface area contributed by atoms with Gasteiger partial charge in [-0.1, -0.05) is 11.6 Å². The highest BCUT2D eigenvalue weighted by Gasteiger charge is 2.34. The second kappa shape index (κ2) is 4.05. The molecule has 6 nitrogen and oxygen atoms in total. The Morgan fingerprint density at radius 3 is 2.75 bits per heavy atom. The molecule has 0 saturated carbocycles. The van der Waals surface area contributed by atoms with E-state index >= 15 is 0 Å². The van der Waals surface area contributed by atoms with E-state index in [1.165, 1.54) is 17.3 Å². The van der Waals surface area contributed by atoms with E-state index in [4.69, 9.17) is 17.3 Å². The predicted molar refractivity (Wildman–Crippen MR) is 56.7 cm³/mol. The van der Waals surface area contributed by atoms with Crippen LogP contribution in [0.1, 0.15) is 6.42 Å². The zero-order valence-corrected chi connectivity index (χ0v) is 9.02. The summed E-state index contributed by atoms with van der Waals surface area (Å²) in [7, 11) is 0. The first kappa shape index (κ1) is 10.8. The van der Waals surface area contributed by atoms with Gasteiger partial charge in [0, 0.05) is 13.0 Å². The van der Waals surface area contributed by atoms with Crippen LogP contribution < -0.4 is 10.6 Å². The molecule has 0 spiro atoms. The van der Waals surface area contributed by atoms with Gasteiger partial charge in [-0.3, -0.25) is 14.5 Å². The number of carbonyl (C=O) groups excluding carboxylic acids is 2. The van der Waals surface area contributed by atoms with Crippen molar-refractivity contribution in [1.29, 1.82) is 0 Å². The molecule has 1 aromatic heterocycles. The quantitative estimate of drug-likeness (QED) is 0.786. The molecule has 1 saturated heterocycles. The van der Waals surface area contributed by atoms with Gasteiger partial charge < -0.3 is 5.73 Å². The molecule has 1 atom stereocenters.